The monoisotopic (exact) mass is 318 g/mol. The molecule has 0 spiro atoms. The molecule has 1 aromatic heterocycles. The third kappa shape index (κ3) is 3.01. The van der Waals surface area contributed by atoms with Crippen LogP contribution in [0.5, 0.6) is 5.75 Å². The molecule has 2 heterocycles. The van der Waals surface area contributed by atoms with Gasteiger partial charge in [0.05, 0.1) is 6.20 Å². The first-order valence-electron chi connectivity index (χ1n) is 7.12. The Morgan fingerprint density at radius 1 is 1.13 bits per heavy atom. The van der Waals surface area contributed by atoms with Crippen LogP contribution in [0.3, 0.4) is 0 Å². The lowest BCUT2D eigenvalue weighted by Crippen LogP contribution is -2.50. The van der Waals surface area contributed by atoms with Crippen LogP contribution in [0, 0.1) is 5.82 Å². The lowest BCUT2D eigenvalue weighted by molar-refractivity contribution is 0.0529. The minimum absolute atomic E-state index is 0.0272. The van der Waals surface area contributed by atoms with Crippen LogP contribution in [0.25, 0.3) is 0 Å². The highest BCUT2D eigenvalue weighted by Gasteiger charge is 2.27. The van der Waals surface area contributed by atoms with Gasteiger partial charge in [-0.05, 0) is 18.2 Å². The predicted molar refractivity (Wildman–Crippen MR) is 78.5 cm³/mol. The van der Waals surface area contributed by atoms with Gasteiger partial charge in [-0.2, -0.15) is 5.10 Å². The maximum absolute atomic E-state index is 13.4. The summed E-state index contributed by atoms with van der Waals surface area (Å²) in [5.74, 6) is -1.34. The standard InChI is InChI=1S/C15H15FN4O3/c16-12-9-17-18-13(12)15(23)20-6-4-19(5-7-20)14(22)10-2-1-3-11(21)8-10/h1-3,8-9,21H,4-7H2,(H,17,18). The summed E-state index contributed by atoms with van der Waals surface area (Å²) in [5, 5.41) is 15.3. The van der Waals surface area contributed by atoms with Crippen LogP contribution in [0.1, 0.15) is 20.8 Å². The van der Waals surface area contributed by atoms with E-state index in [2.05, 4.69) is 10.2 Å². The molecule has 23 heavy (non-hydrogen) atoms. The number of aromatic nitrogens is 2. The molecule has 2 aromatic rings. The number of amides is 2. The van der Waals surface area contributed by atoms with Crippen LogP contribution in [0.15, 0.2) is 30.5 Å². The van der Waals surface area contributed by atoms with Crippen LogP contribution in [-0.2, 0) is 0 Å². The van der Waals surface area contributed by atoms with Gasteiger partial charge in [0.15, 0.2) is 11.5 Å². The second kappa shape index (κ2) is 6.07. The van der Waals surface area contributed by atoms with Gasteiger partial charge in [-0.3, -0.25) is 14.7 Å². The minimum atomic E-state index is -0.687. The van der Waals surface area contributed by atoms with Crippen molar-refractivity contribution in [2.24, 2.45) is 0 Å². The molecule has 1 saturated heterocycles. The first kappa shape index (κ1) is 15.0. The number of nitrogens with zero attached hydrogens (tertiary/aromatic N) is 3. The SMILES string of the molecule is O=C(c1cccc(O)c1)N1CCN(C(=O)c2[nH]ncc2F)CC1. The van der Waals surface area contributed by atoms with E-state index in [0.717, 1.165) is 6.20 Å². The molecule has 0 bridgehead atoms. The summed E-state index contributed by atoms with van der Waals surface area (Å²) in [4.78, 5) is 27.6. The number of aromatic hydroxyl groups is 1. The second-order valence-corrected chi connectivity index (χ2v) is 5.23. The number of carbonyl (C=O) groups is 2. The molecule has 1 aromatic carbocycles. The normalized spacial score (nSPS) is 14.8. The number of nitrogens with one attached hydrogen (secondary N) is 1. The Morgan fingerprint density at radius 2 is 1.78 bits per heavy atom. The maximum Gasteiger partial charge on any atom is 0.275 e. The molecule has 3 rings (SSSR count). The van der Waals surface area contributed by atoms with Crippen molar-refractivity contribution in [2.75, 3.05) is 26.2 Å². The van der Waals surface area contributed by atoms with E-state index in [0.29, 0.717) is 31.7 Å². The molecule has 8 heteroatoms. The highest BCUT2D eigenvalue weighted by atomic mass is 19.1. The zero-order valence-electron chi connectivity index (χ0n) is 12.2. The van der Waals surface area contributed by atoms with Crippen molar-refractivity contribution < 1.29 is 19.1 Å². The Bertz CT molecular complexity index is 738. The summed E-state index contributed by atoms with van der Waals surface area (Å²) in [6, 6.07) is 6.12. The van der Waals surface area contributed by atoms with E-state index < -0.39 is 11.7 Å². The van der Waals surface area contributed by atoms with Gasteiger partial charge < -0.3 is 14.9 Å². The molecule has 2 N–H and O–H groups in total. The predicted octanol–water partition coefficient (Wildman–Crippen LogP) is 0.853. The van der Waals surface area contributed by atoms with Crippen LogP contribution in [-0.4, -0.2) is 63.1 Å². The Kier molecular flexibility index (Phi) is 3.96. The maximum atomic E-state index is 13.4. The van der Waals surface area contributed by atoms with Crippen molar-refractivity contribution in [2.45, 2.75) is 0 Å². The third-order valence-electron chi connectivity index (χ3n) is 3.75. The molecule has 2 amide bonds. The molecule has 0 aliphatic carbocycles. The number of aromatic amines is 1. The molecule has 0 atom stereocenters. The number of benzene rings is 1. The van der Waals surface area contributed by atoms with Crippen molar-refractivity contribution in [3.05, 3.63) is 47.5 Å². The third-order valence-corrected chi connectivity index (χ3v) is 3.75. The van der Waals surface area contributed by atoms with Gasteiger partial charge in [-0.25, -0.2) is 4.39 Å². The van der Waals surface area contributed by atoms with E-state index in [1.54, 1.807) is 17.0 Å². The van der Waals surface area contributed by atoms with Gasteiger partial charge in [0.2, 0.25) is 0 Å². The van der Waals surface area contributed by atoms with Gasteiger partial charge in [0.1, 0.15) is 5.75 Å². The van der Waals surface area contributed by atoms with E-state index in [4.69, 9.17) is 0 Å². The number of hydrogen-bond acceptors (Lipinski definition) is 4. The molecule has 120 valence electrons. The quantitative estimate of drug-likeness (QED) is 0.859. The molecule has 1 aliphatic rings. The molecule has 0 unspecified atom stereocenters. The molecular formula is C15H15FN4O3. The Hall–Kier alpha value is -2.90. The number of piperazine rings is 1. The average molecular weight is 318 g/mol. The fourth-order valence-corrected chi connectivity index (χ4v) is 2.51. The van der Waals surface area contributed by atoms with Crippen LogP contribution >= 0.6 is 0 Å². The van der Waals surface area contributed by atoms with Crippen molar-refractivity contribution in [1.82, 2.24) is 20.0 Å². The largest absolute Gasteiger partial charge is 0.508 e. The summed E-state index contributed by atoms with van der Waals surface area (Å²) >= 11 is 0. The summed E-state index contributed by atoms with van der Waals surface area (Å²) in [7, 11) is 0. The fraction of sp³-hybridized carbons (Fsp3) is 0.267. The van der Waals surface area contributed by atoms with Crippen molar-refractivity contribution in [1.29, 1.82) is 0 Å². The summed E-state index contributed by atoms with van der Waals surface area (Å²) < 4.78 is 13.4. The van der Waals surface area contributed by atoms with E-state index in [9.17, 15) is 19.1 Å². The van der Waals surface area contributed by atoms with Crippen molar-refractivity contribution in [3.63, 3.8) is 0 Å². The smallest absolute Gasteiger partial charge is 0.275 e. The zero-order valence-corrected chi connectivity index (χ0v) is 12.2. The lowest BCUT2D eigenvalue weighted by atomic mass is 10.1. The highest BCUT2D eigenvalue weighted by Crippen LogP contribution is 2.15. The van der Waals surface area contributed by atoms with Crippen LogP contribution in [0.4, 0.5) is 4.39 Å². The van der Waals surface area contributed by atoms with Crippen molar-refractivity contribution >= 4 is 11.8 Å². The van der Waals surface area contributed by atoms with E-state index in [-0.39, 0.29) is 17.4 Å². The van der Waals surface area contributed by atoms with Gasteiger partial charge in [-0.1, -0.05) is 6.07 Å². The number of rotatable bonds is 2. The van der Waals surface area contributed by atoms with Gasteiger partial charge in [-0.15, -0.1) is 0 Å². The molecule has 0 saturated carbocycles. The lowest BCUT2D eigenvalue weighted by Gasteiger charge is -2.34. The summed E-state index contributed by atoms with van der Waals surface area (Å²) in [6.07, 6.45) is 0.953. The zero-order chi connectivity index (χ0) is 16.4. The Morgan fingerprint density at radius 3 is 2.35 bits per heavy atom. The van der Waals surface area contributed by atoms with E-state index in [1.165, 1.54) is 17.0 Å². The van der Waals surface area contributed by atoms with Crippen LogP contribution < -0.4 is 0 Å². The highest BCUT2D eigenvalue weighted by molar-refractivity contribution is 5.95. The number of carbonyl (C=O) groups excluding carboxylic acids is 2. The fourth-order valence-electron chi connectivity index (χ4n) is 2.51. The first-order chi connectivity index (χ1) is 11.1. The first-order valence-corrected chi connectivity index (χ1v) is 7.12. The second-order valence-electron chi connectivity index (χ2n) is 5.23. The van der Waals surface area contributed by atoms with Crippen molar-refractivity contribution in [3.8, 4) is 5.75 Å². The molecular weight excluding hydrogens is 303 g/mol. The van der Waals surface area contributed by atoms with Gasteiger partial charge >= 0.3 is 0 Å². The summed E-state index contributed by atoms with van der Waals surface area (Å²) in [6.45, 7) is 1.30. The molecule has 0 radical (unpaired) electrons. The number of H-pyrrole nitrogens is 1. The van der Waals surface area contributed by atoms with E-state index in [1.807, 2.05) is 0 Å². The van der Waals surface area contributed by atoms with Gasteiger partial charge in [0, 0.05) is 31.7 Å². The number of hydrogen-bond donors (Lipinski definition) is 2. The van der Waals surface area contributed by atoms with E-state index >= 15 is 0 Å². The Balaban J connectivity index is 1.63. The minimum Gasteiger partial charge on any atom is -0.508 e. The van der Waals surface area contributed by atoms with Gasteiger partial charge in [0.25, 0.3) is 11.8 Å². The van der Waals surface area contributed by atoms with Crippen LogP contribution in [0.2, 0.25) is 0 Å². The number of phenols is 1. The topological polar surface area (TPSA) is 89.5 Å². The number of phenolic OH excluding ortho intramolecular Hbond substituents is 1. The average Bonchev–Trinajstić information content (AvgIpc) is 3.00. The molecule has 7 nitrogen and oxygen atoms in total. The number of halogens is 1. The molecule has 1 aliphatic heterocycles. The Labute approximate surface area is 131 Å². The molecule has 1 fully saturated rings. The summed E-state index contributed by atoms with van der Waals surface area (Å²) in [5.41, 5.74) is 0.224.